The van der Waals surface area contributed by atoms with Crippen molar-refractivity contribution in [1.82, 2.24) is 14.6 Å². The molecule has 2 heterocycles. The summed E-state index contributed by atoms with van der Waals surface area (Å²) in [4.78, 5) is 9.49. The predicted molar refractivity (Wildman–Crippen MR) is 106 cm³/mol. The summed E-state index contributed by atoms with van der Waals surface area (Å²) < 4.78 is 21.9. The Hall–Kier alpha value is -1.80. The molecule has 1 saturated heterocycles. The highest BCUT2D eigenvalue weighted by Gasteiger charge is 2.19. The molecular weight excluding hydrogens is 348 g/mol. The molecule has 2 aromatic rings. The highest BCUT2D eigenvalue weighted by atomic mass is 32.2. The summed E-state index contributed by atoms with van der Waals surface area (Å²) in [5, 5.41) is 0. The number of nitrogens with zero attached hydrogens (tertiary/aromatic N) is 3. The van der Waals surface area contributed by atoms with Crippen molar-refractivity contribution in [3.05, 3.63) is 48.2 Å². The molecule has 0 aliphatic carbocycles. The number of rotatable bonds is 6. The van der Waals surface area contributed by atoms with E-state index in [2.05, 4.69) is 45.5 Å². The van der Waals surface area contributed by atoms with Crippen molar-refractivity contribution in [2.45, 2.75) is 26.4 Å². The van der Waals surface area contributed by atoms with Crippen molar-refractivity contribution in [3.63, 3.8) is 0 Å². The molecule has 1 aromatic carbocycles. The van der Waals surface area contributed by atoms with Gasteiger partial charge in [0.2, 0.25) is 11.3 Å². The molecule has 140 valence electrons. The average Bonchev–Trinajstić information content (AvgIpc) is 2.67. The summed E-state index contributed by atoms with van der Waals surface area (Å²) in [5.41, 5.74) is 3.12. The van der Waals surface area contributed by atoms with Gasteiger partial charge in [-0.3, -0.25) is 9.45 Å². The first-order valence-electron chi connectivity index (χ1n) is 8.91. The Labute approximate surface area is 157 Å². The number of aromatic nitrogens is 1. The zero-order chi connectivity index (χ0) is 18.5. The van der Waals surface area contributed by atoms with E-state index in [1.807, 2.05) is 30.5 Å². The van der Waals surface area contributed by atoms with E-state index in [-0.39, 0.29) is 0 Å². The van der Waals surface area contributed by atoms with Gasteiger partial charge >= 0.3 is 0 Å². The Morgan fingerprint density at radius 3 is 2.27 bits per heavy atom. The van der Waals surface area contributed by atoms with Gasteiger partial charge < -0.3 is 4.90 Å². The third-order valence-electron chi connectivity index (χ3n) is 4.80. The second-order valence-corrected chi connectivity index (χ2v) is 7.58. The van der Waals surface area contributed by atoms with Crippen LogP contribution >= 0.6 is 0 Å². The lowest BCUT2D eigenvalue weighted by molar-refractivity contribution is 0.209. The first kappa shape index (κ1) is 19.0. The summed E-state index contributed by atoms with van der Waals surface area (Å²) in [6.45, 7) is 9.03. The number of piperazine rings is 1. The lowest BCUT2D eigenvalue weighted by Crippen LogP contribution is -2.49. The summed E-state index contributed by atoms with van der Waals surface area (Å²) in [7, 11) is 0. The van der Waals surface area contributed by atoms with Crippen molar-refractivity contribution in [2.75, 3.05) is 31.1 Å². The molecule has 1 fully saturated rings. The first-order chi connectivity index (χ1) is 12.5. The van der Waals surface area contributed by atoms with Crippen LogP contribution in [0, 0.1) is 0 Å². The minimum absolute atomic E-state index is 0.364. The second-order valence-electron chi connectivity index (χ2n) is 6.79. The zero-order valence-electron chi connectivity index (χ0n) is 15.3. The van der Waals surface area contributed by atoms with Gasteiger partial charge in [-0.25, -0.2) is 13.9 Å². The predicted octanol–water partition coefficient (Wildman–Crippen LogP) is 2.51. The van der Waals surface area contributed by atoms with Crippen molar-refractivity contribution < 1.29 is 8.76 Å². The van der Waals surface area contributed by atoms with Crippen molar-refractivity contribution in [1.29, 1.82) is 0 Å². The second kappa shape index (κ2) is 8.73. The third kappa shape index (κ3) is 4.88. The van der Waals surface area contributed by atoms with Gasteiger partial charge in [-0.2, -0.15) is 0 Å². The lowest BCUT2D eigenvalue weighted by atomic mass is 10.1. The van der Waals surface area contributed by atoms with Crippen LogP contribution in [-0.2, 0) is 17.8 Å². The minimum atomic E-state index is -1.99. The van der Waals surface area contributed by atoms with Crippen molar-refractivity contribution in [2.24, 2.45) is 0 Å². The van der Waals surface area contributed by atoms with Gasteiger partial charge in [-0.1, -0.05) is 24.3 Å². The average molecular weight is 375 g/mol. The molecule has 1 aromatic heterocycles. The summed E-state index contributed by atoms with van der Waals surface area (Å²) in [6.07, 6.45) is 1.92. The largest absolute Gasteiger partial charge is 0.354 e. The quantitative estimate of drug-likeness (QED) is 0.761. The van der Waals surface area contributed by atoms with Crippen LogP contribution in [0.15, 0.2) is 42.6 Å². The van der Waals surface area contributed by atoms with Crippen LogP contribution in [0.1, 0.15) is 19.4 Å². The number of hydrogen-bond acceptors (Lipinski definition) is 4. The number of hydrogen-bond donors (Lipinski definition) is 2. The monoisotopic (exact) mass is 374 g/mol. The van der Waals surface area contributed by atoms with Crippen LogP contribution in [-0.4, -0.2) is 50.9 Å². The fourth-order valence-electron chi connectivity index (χ4n) is 3.17. The number of benzene rings is 1. The van der Waals surface area contributed by atoms with Crippen LogP contribution in [0.4, 0.5) is 5.82 Å². The van der Waals surface area contributed by atoms with E-state index in [0.29, 0.717) is 12.6 Å². The highest BCUT2D eigenvalue weighted by Crippen LogP contribution is 2.22. The molecule has 26 heavy (non-hydrogen) atoms. The number of anilines is 1. The normalized spacial score (nSPS) is 16.8. The van der Waals surface area contributed by atoms with Crippen LogP contribution < -0.4 is 9.62 Å². The number of pyridine rings is 1. The Bertz CT molecular complexity index is 726. The maximum atomic E-state index is 10.7. The van der Waals surface area contributed by atoms with Gasteiger partial charge in [0, 0.05) is 50.5 Å². The van der Waals surface area contributed by atoms with Crippen LogP contribution in [0.5, 0.6) is 0 Å². The topological polar surface area (TPSA) is 68.7 Å². The molecule has 1 aliphatic heterocycles. The fourth-order valence-corrected chi connectivity index (χ4v) is 3.46. The molecule has 7 heteroatoms. The molecule has 0 radical (unpaired) electrons. The first-order valence-corrected chi connectivity index (χ1v) is 10.0. The number of nitrogens with one attached hydrogen (secondary N) is 1. The lowest BCUT2D eigenvalue weighted by Gasteiger charge is -2.37. The summed E-state index contributed by atoms with van der Waals surface area (Å²) in [6, 6.07) is 12.7. The Morgan fingerprint density at radius 1 is 1.08 bits per heavy atom. The molecule has 0 spiro atoms. The molecule has 0 bridgehead atoms. The Balaban J connectivity index is 1.62. The summed E-state index contributed by atoms with van der Waals surface area (Å²) in [5.74, 6) is 1.03. The Morgan fingerprint density at radius 2 is 1.73 bits per heavy atom. The van der Waals surface area contributed by atoms with E-state index in [9.17, 15) is 4.21 Å². The molecule has 1 atom stereocenters. The minimum Gasteiger partial charge on any atom is -0.354 e. The van der Waals surface area contributed by atoms with Gasteiger partial charge in [0.1, 0.15) is 5.82 Å². The molecule has 3 rings (SSSR count). The summed E-state index contributed by atoms with van der Waals surface area (Å²) >= 11 is -1.99. The molecule has 1 unspecified atom stereocenters. The van der Waals surface area contributed by atoms with E-state index in [1.54, 1.807) is 0 Å². The van der Waals surface area contributed by atoms with Gasteiger partial charge in [0.05, 0.1) is 0 Å². The molecular formula is C19H26N4O2S. The zero-order valence-corrected chi connectivity index (χ0v) is 16.1. The Kier molecular flexibility index (Phi) is 6.37. The maximum absolute atomic E-state index is 10.7. The van der Waals surface area contributed by atoms with Crippen LogP contribution in [0.25, 0.3) is 11.1 Å². The molecule has 0 amide bonds. The molecule has 1 aliphatic rings. The van der Waals surface area contributed by atoms with Gasteiger partial charge in [0.25, 0.3) is 0 Å². The van der Waals surface area contributed by atoms with Gasteiger partial charge in [-0.15, -0.1) is 0 Å². The van der Waals surface area contributed by atoms with E-state index in [0.717, 1.165) is 48.7 Å². The molecule has 0 saturated carbocycles. The van der Waals surface area contributed by atoms with E-state index in [1.165, 1.54) is 0 Å². The van der Waals surface area contributed by atoms with Gasteiger partial charge in [0.15, 0.2) is 0 Å². The highest BCUT2D eigenvalue weighted by molar-refractivity contribution is 7.77. The van der Waals surface area contributed by atoms with E-state index in [4.69, 9.17) is 4.55 Å². The maximum Gasteiger partial charge on any atom is 0.232 e. The smallest absolute Gasteiger partial charge is 0.232 e. The fraction of sp³-hybridized carbons (Fsp3) is 0.421. The molecule has 6 nitrogen and oxygen atoms in total. The standard InChI is InChI=1S/C19H26N4O2S/c1-15(2)22-9-11-23(12-10-22)19-8-7-18(14-20-19)17-5-3-16(4-6-17)13-21-26(24)25/h3-8,14-15,21H,9-13H2,1-2H3,(H,24,25). The van der Waals surface area contributed by atoms with Crippen LogP contribution in [0.2, 0.25) is 0 Å². The SMILES string of the molecule is CC(C)N1CCN(c2ccc(-c3ccc(CNS(=O)O)cc3)cn2)CC1. The van der Waals surface area contributed by atoms with Crippen molar-refractivity contribution in [3.8, 4) is 11.1 Å². The third-order valence-corrected chi connectivity index (χ3v) is 5.19. The van der Waals surface area contributed by atoms with E-state index >= 15 is 0 Å². The van der Waals surface area contributed by atoms with E-state index < -0.39 is 11.3 Å². The van der Waals surface area contributed by atoms with Crippen LogP contribution in [0.3, 0.4) is 0 Å². The molecule has 2 N–H and O–H groups in total. The van der Waals surface area contributed by atoms with Gasteiger partial charge in [-0.05, 0) is 37.1 Å². The van der Waals surface area contributed by atoms with Crippen molar-refractivity contribution >= 4 is 17.1 Å².